The summed E-state index contributed by atoms with van der Waals surface area (Å²) in [4.78, 5) is 32.0. The van der Waals surface area contributed by atoms with Crippen LogP contribution in [0.15, 0.2) is 48.7 Å². The van der Waals surface area contributed by atoms with Crippen molar-refractivity contribution in [2.45, 2.75) is 13.0 Å². The van der Waals surface area contributed by atoms with Gasteiger partial charge in [0.05, 0.1) is 6.04 Å². The number of carbonyl (C=O) groups excluding carboxylic acids is 2. The second-order valence-corrected chi connectivity index (χ2v) is 6.54. The van der Waals surface area contributed by atoms with Crippen molar-refractivity contribution in [1.29, 1.82) is 0 Å². The molecule has 6 nitrogen and oxygen atoms in total. The molecule has 2 aromatic rings. The van der Waals surface area contributed by atoms with Gasteiger partial charge in [0, 0.05) is 32.5 Å². The van der Waals surface area contributed by atoms with Crippen molar-refractivity contribution in [3.63, 3.8) is 0 Å². The second-order valence-electron chi connectivity index (χ2n) is 6.54. The van der Waals surface area contributed by atoms with Gasteiger partial charge in [-0.1, -0.05) is 37.3 Å². The van der Waals surface area contributed by atoms with Gasteiger partial charge in [0.1, 0.15) is 5.69 Å². The first kappa shape index (κ1) is 17.0. The van der Waals surface area contributed by atoms with Crippen molar-refractivity contribution in [3.05, 3.63) is 59.9 Å². The van der Waals surface area contributed by atoms with E-state index >= 15 is 0 Å². The molecule has 1 saturated heterocycles. The maximum Gasteiger partial charge on any atom is 0.322 e. The minimum Gasteiger partial charge on any atom is -0.343 e. The number of benzene rings is 1. The molecule has 1 aliphatic heterocycles. The summed E-state index contributed by atoms with van der Waals surface area (Å²) < 4.78 is 0. The summed E-state index contributed by atoms with van der Waals surface area (Å²) >= 11 is 0. The summed E-state index contributed by atoms with van der Waals surface area (Å²) in [7, 11) is 3.34. The largest absolute Gasteiger partial charge is 0.343 e. The number of pyridine rings is 1. The van der Waals surface area contributed by atoms with Crippen LogP contribution in [-0.4, -0.2) is 47.4 Å². The van der Waals surface area contributed by atoms with Crippen LogP contribution >= 0.6 is 0 Å². The molecule has 2 atom stereocenters. The van der Waals surface area contributed by atoms with Crippen LogP contribution in [0.1, 0.15) is 29.0 Å². The lowest BCUT2D eigenvalue weighted by molar-refractivity contribution is 0.0670. The molecule has 0 radical (unpaired) electrons. The van der Waals surface area contributed by atoms with Crippen LogP contribution in [0, 0.1) is 5.92 Å². The van der Waals surface area contributed by atoms with Gasteiger partial charge in [-0.3, -0.25) is 9.78 Å². The number of aromatic nitrogens is 1. The summed E-state index contributed by atoms with van der Waals surface area (Å²) in [6.45, 7) is 2.85. The molecule has 6 heteroatoms. The van der Waals surface area contributed by atoms with Crippen LogP contribution < -0.4 is 5.32 Å². The lowest BCUT2D eigenvalue weighted by atomic mass is 9.85. The van der Waals surface area contributed by atoms with E-state index < -0.39 is 0 Å². The third kappa shape index (κ3) is 3.47. The van der Waals surface area contributed by atoms with Crippen molar-refractivity contribution in [3.8, 4) is 0 Å². The molecule has 1 aromatic carbocycles. The normalized spacial score (nSPS) is 19.1. The maximum absolute atomic E-state index is 12.6. The Kier molecular flexibility index (Phi) is 4.70. The van der Waals surface area contributed by atoms with E-state index in [9.17, 15) is 9.59 Å². The van der Waals surface area contributed by atoms with Gasteiger partial charge in [-0.25, -0.2) is 4.79 Å². The van der Waals surface area contributed by atoms with E-state index in [0.717, 1.165) is 5.56 Å². The van der Waals surface area contributed by atoms with Crippen LogP contribution in [-0.2, 0) is 0 Å². The van der Waals surface area contributed by atoms with Crippen molar-refractivity contribution < 1.29 is 9.59 Å². The molecule has 3 amide bonds. The third-order valence-corrected chi connectivity index (χ3v) is 4.40. The molecule has 1 aromatic heterocycles. The van der Waals surface area contributed by atoms with E-state index in [1.165, 1.54) is 11.1 Å². The molecular weight excluding hydrogens is 316 g/mol. The minimum absolute atomic E-state index is 0.0749. The first-order chi connectivity index (χ1) is 12.0. The van der Waals surface area contributed by atoms with Crippen LogP contribution in [0.2, 0.25) is 0 Å². The smallest absolute Gasteiger partial charge is 0.322 e. The summed E-state index contributed by atoms with van der Waals surface area (Å²) in [6, 6.07) is 13.2. The predicted octanol–water partition coefficient (Wildman–Crippen LogP) is 3.01. The van der Waals surface area contributed by atoms with Crippen LogP contribution in [0.3, 0.4) is 0 Å². The van der Waals surface area contributed by atoms with Gasteiger partial charge in [0.2, 0.25) is 0 Å². The minimum atomic E-state index is -0.198. The first-order valence-corrected chi connectivity index (χ1v) is 8.27. The molecule has 0 saturated carbocycles. The van der Waals surface area contributed by atoms with Gasteiger partial charge in [0.15, 0.2) is 0 Å². The number of likely N-dealkylation sites (tertiary alicyclic amines) is 1. The molecule has 0 spiro atoms. The number of rotatable bonds is 3. The van der Waals surface area contributed by atoms with E-state index in [1.54, 1.807) is 26.2 Å². The summed E-state index contributed by atoms with van der Waals surface area (Å²) in [5.74, 6) is 0.215. The van der Waals surface area contributed by atoms with Gasteiger partial charge >= 0.3 is 6.03 Å². The number of nitrogens with one attached hydrogen (secondary N) is 1. The van der Waals surface area contributed by atoms with Crippen LogP contribution in [0.25, 0.3) is 0 Å². The van der Waals surface area contributed by atoms with Gasteiger partial charge in [-0.05, 0) is 23.6 Å². The molecule has 2 heterocycles. The van der Waals surface area contributed by atoms with Gasteiger partial charge in [-0.2, -0.15) is 0 Å². The fraction of sp³-hybridized carbons (Fsp3) is 0.316. The summed E-state index contributed by atoms with van der Waals surface area (Å²) in [5, 5.41) is 2.87. The standard InChI is InChI=1S/C19H22N4O2/c1-13-12-23(17(13)14-7-5-4-6-8-14)19(25)21-15-9-10-20-16(11-15)18(24)22(2)3/h4-11,13,17H,12H2,1-3H3,(H,20,21,25). The average Bonchev–Trinajstić information content (AvgIpc) is 2.59. The van der Waals surface area contributed by atoms with E-state index in [1.807, 2.05) is 35.2 Å². The van der Waals surface area contributed by atoms with Crippen molar-refractivity contribution in [2.24, 2.45) is 5.92 Å². The highest BCUT2D eigenvalue weighted by Crippen LogP contribution is 2.38. The lowest BCUT2D eigenvalue weighted by Crippen LogP contribution is -2.53. The Morgan fingerprint density at radius 1 is 1.20 bits per heavy atom. The molecule has 0 bridgehead atoms. The zero-order valence-electron chi connectivity index (χ0n) is 14.6. The third-order valence-electron chi connectivity index (χ3n) is 4.40. The zero-order chi connectivity index (χ0) is 18.0. The molecule has 130 valence electrons. The molecule has 1 fully saturated rings. The fourth-order valence-electron chi connectivity index (χ4n) is 3.11. The molecule has 1 aliphatic rings. The first-order valence-electron chi connectivity index (χ1n) is 8.27. The van der Waals surface area contributed by atoms with Crippen molar-refractivity contribution in [2.75, 3.05) is 26.0 Å². The molecule has 1 N–H and O–H groups in total. The predicted molar refractivity (Wildman–Crippen MR) is 96.3 cm³/mol. The van der Waals surface area contributed by atoms with Crippen LogP contribution in [0.4, 0.5) is 10.5 Å². The maximum atomic E-state index is 12.6. The molecular formula is C19H22N4O2. The number of hydrogen-bond donors (Lipinski definition) is 1. The fourth-order valence-corrected chi connectivity index (χ4v) is 3.11. The zero-order valence-corrected chi connectivity index (χ0v) is 14.6. The molecule has 25 heavy (non-hydrogen) atoms. The van der Waals surface area contributed by atoms with Crippen molar-refractivity contribution >= 4 is 17.6 Å². The Hall–Kier alpha value is -2.89. The van der Waals surface area contributed by atoms with E-state index in [4.69, 9.17) is 0 Å². The molecule has 0 aliphatic carbocycles. The quantitative estimate of drug-likeness (QED) is 0.935. The number of carbonyl (C=O) groups is 2. The lowest BCUT2D eigenvalue weighted by Gasteiger charge is -2.46. The monoisotopic (exact) mass is 338 g/mol. The number of amides is 3. The number of anilines is 1. The average molecular weight is 338 g/mol. The van der Waals surface area contributed by atoms with Gasteiger partial charge in [0.25, 0.3) is 5.91 Å². The highest BCUT2D eigenvalue weighted by molar-refractivity contribution is 5.95. The van der Waals surface area contributed by atoms with Crippen LogP contribution in [0.5, 0.6) is 0 Å². The van der Waals surface area contributed by atoms with Gasteiger partial charge in [-0.15, -0.1) is 0 Å². The Morgan fingerprint density at radius 3 is 2.56 bits per heavy atom. The number of nitrogens with zero attached hydrogens (tertiary/aromatic N) is 3. The highest BCUT2D eigenvalue weighted by Gasteiger charge is 2.39. The second kappa shape index (κ2) is 6.93. The van der Waals surface area contributed by atoms with E-state index in [0.29, 0.717) is 23.8 Å². The molecule has 3 rings (SSSR count). The van der Waals surface area contributed by atoms with Crippen molar-refractivity contribution in [1.82, 2.24) is 14.8 Å². The Morgan fingerprint density at radius 2 is 1.92 bits per heavy atom. The van der Waals surface area contributed by atoms with E-state index in [-0.39, 0.29) is 18.0 Å². The van der Waals surface area contributed by atoms with Gasteiger partial charge < -0.3 is 15.1 Å². The number of urea groups is 1. The van der Waals surface area contributed by atoms with E-state index in [2.05, 4.69) is 17.2 Å². The summed E-state index contributed by atoms with van der Waals surface area (Å²) in [5.41, 5.74) is 2.01. The SMILES string of the molecule is CC1CN(C(=O)Nc2ccnc(C(=O)N(C)C)c2)C1c1ccccc1. The Balaban J connectivity index is 1.72. The Bertz CT molecular complexity index is 776. The number of hydrogen-bond acceptors (Lipinski definition) is 3. The highest BCUT2D eigenvalue weighted by atomic mass is 16.2. The topological polar surface area (TPSA) is 65.5 Å². The molecule has 2 unspecified atom stereocenters. The Labute approximate surface area is 147 Å². The summed E-state index contributed by atoms with van der Waals surface area (Å²) in [6.07, 6.45) is 1.53.